The molecule has 0 atom stereocenters. The first-order valence-electron chi connectivity index (χ1n) is 10.1. The third-order valence-electron chi connectivity index (χ3n) is 5.14. The van der Waals surface area contributed by atoms with Crippen LogP contribution in [0.15, 0.2) is 60.7 Å². The molecule has 0 aliphatic heterocycles. The minimum absolute atomic E-state index is 0.455. The topological polar surface area (TPSA) is 0 Å². The standard InChI is InChI=1S/C25H36/c1-25(2,3)21-20-24(18-10-16-22-12-6-4-7-13-22)19-11-17-23-14-8-5-9-15-23/h4-9,12-15,24H,10-11,16-21H2,1-3H3. The van der Waals surface area contributed by atoms with Crippen LogP contribution in [0.4, 0.5) is 0 Å². The molecule has 0 heterocycles. The Morgan fingerprint density at radius 1 is 0.640 bits per heavy atom. The van der Waals surface area contributed by atoms with Crippen molar-refractivity contribution in [1.29, 1.82) is 0 Å². The fourth-order valence-corrected chi connectivity index (χ4v) is 3.55. The number of aryl methyl sites for hydroxylation is 2. The fraction of sp³-hybridized carbons (Fsp3) is 0.520. The smallest absolute Gasteiger partial charge is 0.0279 e. The third-order valence-corrected chi connectivity index (χ3v) is 5.14. The Bertz CT molecular complexity index is 516. The van der Waals surface area contributed by atoms with E-state index in [1.54, 1.807) is 0 Å². The van der Waals surface area contributed by atoms with Crippen molar-refractivity contribution >= 4 is 0 Å². The van der Waals surface area contributed by atoms with E-state index in [-0.39, 0.29) is 0 Å². The van der Waals surface area contributed by atoms with E-state index >= 15 is 0 Å². The second kappa shape index (κ2) is 10.4. The van der Waals surface area contributed by atoms with Crippen molar-refractivity contribution < 1.29 is 0 Å². The maximum absolute atomic E-state index is 2.37. The summed E-state index contributed by atoms with van der Waals surface area (Å²) in [4.78, 5) is 0. The molecule has 0 saturated carbocycles. The maximum atomic E-state index is 2.37. The van der Waals surface area contributed by atoms with Gasteiger partial charge in [-0.1, -0.05) is 94.3 Å². The van der Waals surface area contributed by atoms with E-state index in [1.165, 1.54) is 62.5 Å². The van der Waals surface area contributed by atoms with Crippen molar-refractivity contribution in [2.24, 2.45) is 11.3 Å². The lowest BCUT2D eigenvalue weighted by Crippen LogP contribution is -2.10. The van der Waals surface area contributed by atoms with Crippen molar-refractivity contribution in [3.05, 3.63) is 71.8 Å². The summed E-state index contributed by atoms with van der Waals surface area (Å²) < 4.78 is 0. The Morgan fingerprint density at radius 3 is 1.48 bits per heavy atom. The molecule has 0 fully saturated rings. The largest absolute Gasteiger partial charge is 0.0622 e. The second-order valence-corrected chi connectivity index (χ2v) is 8.72. The highest BCUT2D eigenvalue weighted by Gasteiger charge is 2.15. The molecule has 0 spiro atoms. The lowest BCUT2D eigenvalue weighted by Gasteiger charge is -2.23. The van der Waals surface area contributed by atoms with Gasteiger partial charge in [0, 0.05) is 0 Å². The van der Waals surface area contributed by atoms with Gasteiger partial charge in [0.1, 0.15) is 0 Å². The summed E-state index contributed by atoms with van der Waals surface area (Å²) >= 11 is 0. The predicted octanol–water partition coefficient (Wildman–Crippen LogP) is 7.47. The molecule has 0 unspecified atom stereocenters. The van der Waals surface area contributed by atoms with Crippen LogP contribution < -0.4 is 0 Å². The summed E-state index contributed by atoms with van der Waals surface area (Å²) in [6.45, 7) is 7.12. The van der Waals surface area contributed by atoms with Crippen molar-refractivity contribution in [1.82, 2.24) is 0 Å². The van der Waals surface area contributed by atoms with Crippen LogP contribution in [0.1, 0.15) is 70.4 Å². The summed E-state index contributed by atoms with van der Waals surface area (Å²) in [6, 6.07) is 21.9. The predicted molar refractivity (Wildman–Crippen MR) is 111 cm³/mol. The highest BCUT2D eigenvalue weighted by molar-refractivity contribution is 5.15. The first-order valence-corrected chi connectivity index (χ1v) is 10.1. The third kappa shape index (κ3) is 8.91. The first kappa shape index (κ1) is 19.8. The van der Waals surface area contributed by atoms with Gasteiger partial charge < -0.3 is 0 Å². The van der Waals surface area contributed by atoms with Gasteiger partial charge in [-0.2, -0.15) is 0 Å². The van der Waals surface area contributed by atoms with Crippen molar-refractivity contribution in [2.75, 3.05) is 0 Å². The molecule has 0 aromatic heterocycles. The van der Waals surface area contributed by atoms with E-state index in [1.807, 2.05) is 0 Å². The van der Waals surface area contributed by atoms with Gasteiger partial charge in [0.2, 0.25) is 0 Å². The maximum Gasteiger partial charge on any atom is -0.0279 e. The molecule has 0 aliphatic carbocycles. The van der Waals surface area contributed by atoms with Gasteiger partial charge in [0.25, 0.3) is 0 Å². The van der Waals surface area contributed by atoms with E-state index in [9.17, 15) is 0 Å². The van der Waals surface area contributed by atoms with E-state index in [0.29, 0.717) is 5.41 Å². The van der Waals surface area contributed by atoms with Gasteiger partial charge in [-0.05, 0) is 61.0 Å². The lowest BCUT2D eigenvalue weighted by molar-refractivity contribution is 0.297. The minimum Gasteiger partial charge on any atom is -0.0622 e. The Hall–Kier alpha value is -1.56. The molecule has 0 radical (unpaired) electrons. The van der Waals surface area contributed by atoms with Gasteiger partial charge in [0.15, 0.2) is 0 Å². The molecular weight excluding hydrogens is 300 g/mol. The molecule has 25 heavy (non-hydrogen) atoms. The van der Waals surface area contributed by atoms with Gasteiger partial charge in [-0.15, -0.1) is 0 Å². The Labute approximate surface area is 155 Å². The van der Waals surface area contributed by atoms with Crippen LogP contribution >= 0.6 is 0 Å². The average Bonchev–Trinajstić information content (AvgIpc) is 2.60. The Balaban J connectivity index is 1.77. The number of benzene rings is 2. The van der Waals surface area contributed by atoms with Crippen LogP contribution in [0, 0.1) is 11.3 Å². The Morgan fingerprint density at radius 2 is 1.08 bits per heavy atom. The van der Waals surface area contributed by atoms with Crippen molar-refractivity contribution in [2.45, 2.75) is 72.1 Å². The molecule has 136 valence electrons. The molecule has 2 aromatic carbocycles. The van der Waals surface area contributed by atoms with Crippen LogP contribution in [-0.4, -0.2) is 0 Å². The molecule has 0 amide bonds. The summed E-state index contributed by atoms with van der Waals surface area (Å²) in [5, 5.41) is 0. The van der Waals surface area contributed by atoms with Gasteiger partial charge in [-0.3, -0.25) is 0 Å². The highest BCUT2D eigenvalue weighted by Crippen LogP contribution is 2.29. The van der Waals surface area contributed by atoms with Crippen LogP contribution in [0.2, 0.25) is 0 Å². The van der Waals surface area contributed by atoms with Crippen LogP contribution in [-0.2, 0) is 12.8 Å². The second-order valence-electron chi connectivity index (χ2n) is 8.72. The first-order chi connectivity index (χ1) is 12.0. The summed E-state index contributed by atoms with van der Waals surface area (Å²) in [5.74, 6) is 0.881. The minimum atomic E-state index is 0.455. The molecule has 2 aromatic rings. The SMILES string of the molecule is CC(C)(C)CCC(CCCc1ccccc1)CCCc1ccccc1. The van der Waals surface area contributed by atoms with E-state index < -0.39 is 0 Å². The number of hydrogen-bond donors (Lipinski definition) is 0. The van der Waals surface area contributed by atoms with Gasteiger partial charge >= 0.3 is 0 Å². The molecule has 0 bridgehead atoms. The Kier molecular flexibility index (Phi) is 8.25. The summed E-state index contributed by atoms with van der Waals surface area (Å²) in [7, 11) is 0. The molecule has 0 saturated heterocycles. The summed E-state index contributed by atoms with van der Waals surface area (Å²) in [6.07, 6.45) is 10.6. The number of hydrogen-bond acceptors (Lipinski definition) is 0. The molecule has 0 aliphatic rings. The summed E-state index contributed by atoms with van der Waals surface area (Å²) in [5.41, 5.74) is 3.43. The van der Waals surface area contributed by atoms with Gasteiger partial charge in [-0.25, -0.2) is 0 Å². The van der Waals surface area contributed by atoms with Crippen LogP contribution in [0.25, 0.3) is 0 Å². The zero-order valence-corrected chi connectivity index (χ0v) is 16.5. The highest BCUT2D eigenvalue weighted by atomic mass is 14.2. The monoisotopic (exact) mass is 336 g/mol. The zero-order chi connectivity index (χ0) is 18.0. The van der Waals surface area contributed by atoms with Crippen molar-refractivity contribution in [3.8, 4) is 0 Å². The average molecular weight is 337 g/mol. The fourth-order valence-electron chi connectivity index (χ4n) is 3.55. The van der Waals surface area contributed by atoms with Gasteiger partial charge in [0.05, 0.1) is 0 Å². The van der Waals surface area contributed by atoms with Crippen LogP contribution in [0.3, 0.4) is 0 Å². The van der Waals surface area contributed by atoms with Crippen LogP contribution in [0.5, 0.6) is 0 Å². The molecule has 2 rings (SSSR count). The number of rotatable bonds is 10. The van der Waals surface area contributed by atoms with E-state index in [4.69, 9.17) is 0 Å². The van der Waals surface area contributed by atoms with E-state index in [2.05, 4.69) is 81.4 Å². The lowest BCUT2D eigenvalue weighted by atomic mass is 9.83. The van der Waals surface area contributed by atoms with E-state index in [0.717, 1.165) is 5.92 Å². The zero-order valence-electron chi connectivity index (χ0n) is 16.5. The quantitative estimate of drug-likeness (QED) is 0.422. The molecule has 0 nitrogen and oxygen atoms in total. The molecule has 0 N–H and O–H groups in total. The molecule has 0 heteroatoms. The molecular formula is C25H36. The van der Waals surface area contributed by atoms with Crippen molar-refractivity contribution in [3.63, 3.8) is 0 Å². The normalized spacial score (nSPS) is 11.8.